The third-order valence-electron chi connectivity index (χ3n) is 3.00. The van der Waals surface area contributed by atoms with Gasteiger partial charge >= 0.3 is 12.0 Å². The maximum atomic E-state index is 11.7. The van der Waals surface area contributed by atoms with E-state index < -0.39 is 5.97 Å². The predicted octanol–water partition coefficient (Wildman–Crippen LogP) is 1.08. The highest BCUT2D eigenvalue weighted by atomic mass is 16.5. The fourth-order valence-corrected chi connectivity index (χ4v) is 2.05. The molecule has 0 bridgehead atoms. The van der Waals surface area contributed by atoms with Crippen LogP contribution in [-0.4, -0.2) is 57.1 Å². The fraction of sp³-hybridized carbons (Fsp3) is 0.857. The molecule has 0 aromatic heterocycles. The van der Waals surface area contributed by atoms with E-state index in [-0.39, 0.29) is 24.5 Å². The Hall–Kier alpha value is -1.34. The number of carboxylic acid groups (broad SMARTS) is 1. The molecule has 0 rings (SSSR count). The van der Waals surface area contributed by atoms with Crippen LogP contribution in [0.2, 0.25) is 0 Å². The zero-order chi connectivity index (χ0) is 16.3. The van der Waals surface area contributed by atoms with Gasteiger partial charge in [0.05, 0.1) is 12.7 Å². The van der Waals surface area contributed by atoms with Crippen LogP contribution in [0.5, 0.6) is 0 Å². The number of carboxylic acids is 1. The van der Waals surface area contributed by atoms with Gasteiger partial charge in [0.15, 0.2) is 0 Å². The Labute approximate surface area is 126 Å². The number of urea groups is 1. The van der Waals surface area contributed by atoms with Crippen LogP contribution in [0.25, 0.3) is 0 Å². The van der Waals surface area contributed by atoms with Crippen molar-refractivity contribution < 1.29 is 24.2 Å². The van der Waals surface area contributed by atoms with Crippen molar-refractivity contribution in [3.8, 4) is 0 Å². The molecule has 0 aromatic carbocycles. The number of aliphatic carboxylic acids is 1. The Balaban J connectivity index is 4.08. The first-order chi connectivity index (χ1) is 9.88. The second kappa shape index (κ2) is 11.3. The van der Waals surface area contributed by atoms with Crippen LogP contribution in [0.1, 0.15) is 26.7 Å². The molecule has 21 heavy (non-hydrogen) atoms. The van der Waals surface area contributed by atoms with Gasteiger partial charge in [0.2, 0.25) is 0 Å². The third-order valence-corrected chi connectivity index (χ3v) is 3.00. The number of nitrogens with one attached hydrogen (secondary N) is 2. The van der Waals surface area contributed by atoms with Gasteiger partial charge in [-0.15, -0.1) is 0 Å². The van der Waals surface area contributed by atoms with Gasteiger partial charge in [0.1, 0.15) is 0 Å². The van der Waals surface area contributed by atoms with E-state index in [1.54, 1.807) is 14.2 Å². The molecule has 2 atom stereocenters. The number of rotatable bonds is 11. The summed E-state index contributed by atoms with van der Waals surface area (Å²) in [5.41, 5.74) is 0. The summed E-state index contributed by atoms with van der Waals surface area (Å²) in [6, 6.07) is -0.327. The van der Waals surface area contributed by atoms with E-state index in [0.29, 0.717) is 25.6 Å². The van der Waals surface area contributed by atoms with Crippen molar-refractivity contribution in [2.24, 2.45) is 11.8 Å². The lowest BCUT2D eigenvalue weighted by Crippen LogP contribution is -2.43. The monoisotopic (exact) mass is 304 g/mol. The molecule has 0 heterocycles. The molecule has 7 heteroatoms. The summed E-state index contributed by atoms with van der Waals surface area (Å²) < 4.78 is 10.1. The van der Waals surface area contributed by atoms with E-state index in [4.69, 9.17) is 14.6 Å². The first-order valence-electron chi connectivity index (χ1n) is 7.14. The zero-order valence-electron chi connectivity index (χ0n) is 13.3. The van der Waals surface area contributed by atoms with Crippen molar-refractivity contribution in [2.75, 3.05) is 33.9 Å². The minimum Gasteiger partial charge on any atom is -0.481 e. The molecule has 0 saturated heterocycles. The predicted molar refractivity (Wildman–Crippen MR) is 79.3 cm³/mol. The number of methoxy groups -OCH3 is 2. The molecule has 3 N–H and O–H groups in total. The quantitative estimate of drug-likeness (QED) is 0.531. The van der Waals surface area contributed by atoms with Crippen molar-refractivity contribution in [3.63, 3.8) is 0 Å². The summed E-state index contributed by atoms with van der Waals surface area (Å²) in [5, 5.41) is 14.3. The van der Waals surface area contributed by atoms with Crippen LogP contribution in [0, 0.1) is 11.8 Å². The number of hydrogen-bond acceptors (Lipinski definition) is 4. The van der Waals surface area contributed by atoms with Crippen LogP contribution in [0.15, 0.2) is 0 Å². The number of carbonyl (C=O) groups excluding carboxylic acids is 1. The standard InChI is InChI=1S/C14H28N2O5/c1-10(2)5-11(6-13(17)18)7-15-14(19)16-8-12(21-4)9-20-3/h10-12H,5-9H2,1-4H3,(H,17,18)(H2,15,16,19). The number of carbonyl (C=O) groups is 2. The molecule has 7 nitrogen and oxygen atoms in total. The highest BCUT2D eigenvalue weighted by molar-refractivity contribution is 5.74. The second-order valence-electron chi connectivity index (χ2n) is 5.50. The van der Waals surface area contributed by atoms with Crippen LogP contribution in [0.4, 0.5) is 4.79 Å². The highest BCUT2D eigenvalue weighted by Gasteiger charge is 2.16. The van der Waals surface area contributed by atoms with Gasteiger partial charge in [0, 0.05) is 33.7 Å². The van der Waals surface area contributed by atoms with Crippen molar-refractivity contribution in [2.45, 2.75) is 32.8 Å². The van der Waals surface area contributed by atoms with Gasteiger partial charge in [-0.1, -0.05) is 13.8 Å². The molecule has 0 radical (unpaired) electrons. The van der Waals surface area contributed by atoms with Crippen molar-refractivity contribution in [1.29, 1.82) is 0 Å². The van der Waals surface area contributed by atoms with E-state index in [0.717, 1.165) is 6.42 Å². The highest BCUT2D eigenvalue weighted by Crippen LogP contribution is 2.14. The minimum atomic E-state index is -0.845. The van der Waals surface area contributed by atoms with Gasteiger partial charge in [-0.05, 0) is 18.3 Å². The van der Waals surface area contributed by atoms with Gasteiger partial charge in [0.25, 0.3) is 0 Å². The van der Waals surface area contributed by atoms with E-state index in [9.17, 15) is 9.59 Å². The lowest BCUT2D eigenvalue weighted by atomic mass is 9.94. The Kier molecular flexibility index (Phi) is 10.6. The molecule has 0 aliphatic heterocycles. The third kappa shape index (κ3) is 11.0. The fourth-order valence-electron chi connectivity index (χ4n) is 2.05. The molecule has 0 fully saturated rings. The largest absolute Gasteiger partial charge is 0.481 e. The molecule has 0 saturated carbocycles. The van der Waals surface area contributed by atoms with Crippen molar-refractivity contribution >= 4 is 12.0 Å². The summed E-state index contributed by atoms with van der Waals surface area (Å²) in [7, 11) is 3.11. The first kappa shape index (κ1) is 19.7. The molecule has 0 aliphatic carbocycles. The lowest BCUT2D eigenvalue weighted by molar-refractivity contribution is -0.138. The first-order valence-corrected chi connectivity index (χ1v) is 7.14. The van der Waals surface area contributed by atoms with Crippen LogP contribution < -0.4 is 10.6 Å². The van der Waals surface area contributed by atoms with E-state index >= 15 is 0 Å². The molecule has 0 aromatic rings. The molecule has 2 amide bonds. The topological polar surface area (TPSA) is 96.9 Å². The Morgan fingerprint density at radius 1 is 1.14 bits per heavy atom. The zero-order valence-corrected chi connectivity index (χ0v) is 13.3. The Morgan fingerprint density at radius 3 is 2.24 bits per heavy atom. The molecule has 124 valence electrons. The number of hydrogen-bond donors (Lipinski definition) is 3. The molecular formula is C14H28N2O5. The minimum absolute atomic E-state index is 0.0584. The van der Waals surface area contributed by atoms with Crippen LogP contribution in [0.3, 0.4) is 0 Å². The smallest absolute Gasteiger partial charge is 0.314 e. The summed E-state index contributed by atoms with van der Waals surface area (Å²) in [4.78, 5) is 22.5. The maximum Gasteiger partial charge on any atom is 0.314 e. The van der Waals surface area contributed by atoms with Gasteiger partial charge in [-0.2, -0.15) is 0 Å². The van der Waals surface area contributed by atoms with Crippen LogP contribution >= 0.6 is 0 Å². The maximum absolute atomic E-state index is 11.7. The Bertz CT molecular complexity index is 310. The average molecular weight is 304 g/mol. The van der Waals surface area contributed by atoms with E-state index in [1.165, 1.54) is 0 Å². The van der Waals surface area contributed by atoms with E-state index in [2.05, 4.69) is 10.6 Å². The lowest BCUT2D eigenvalue weighted by Gasteiger charge is -2.19. The van der Waals surface area contributed by atoms with Gasteiger partial charge in [-0.3, -0.25) is 4.79 Å². The SMILES string of the molecule is COCC(CNC(=O)NCC(CC(=O)O)CC(C)C)OC. The molecular weight excluding hydrogens is 276 g/mol. The Morgan fingerprint density at radius 2 is 1.76 bits per heavy atom. The average Bonchev–Trinajstić information content (AvgIpc) is 2.39. The van der Waals surface area contributed by atoms with Crippen molar-refractivity contribution in [1.82, 2.24) is 10.6 Å². The van der Waals surface area contributed by atoms with Gasteiger partial charge in [-0.25, -0.2) is 4.79 Å². The number of amides is 2. The molecule has 0 spiro atoms. The summed E-state index contributed by atoms with van der Waals surface area (Å²) in [5.74, 6) is -0.522. The van der Waals surface area contributed by atoms with Crippen LogP contribution in [-0.2, 0) is 14.3 Å². The molecule has 2 unspecified atom stereocenters. The second-order valence-corrected chi connectivity index (χ2v) is 5.50. The normalized spacial score (nSPS) is 13.8. The summed E-state index contributed by atoms with van der Waals surface area (Å²) in [6.07, 6.45) is 0.617. The van der Waals surface area contributed by atoms with E-state index in [1.807, 2.05) is 13.8 Å². The number of ether oxygens (including phenoxy) is 2. The molecule has 0 aliphatic rings. The summed E-state index contributed by atoms with van der Waals surface area (Å²) >= 11 is 0. The van der Waals surface area contributed by atoms with Crippen molar-refractivity contribution in [3.05, 3.63) is 0 Å². The summed E-state index contributed by atoms with van der Waals surface area (Å²) in [6.45, 7) is 5.14. The van der Waals surface area contributed by atoms with Gasteiger partial charge < -0.3 is 25.2 Å².